The lowest BCUT2D eigenvalue weighted by atomic mass is 9.94. The highest BCUT2D eigenvalue weighted by molar-refractivity contribution is 6.31. The van der Waals surface area contributed by atoms with Crippen molar-refractivity contribution in [2.75, 3.05) is 26.3 Å². The highest BCUT2D eigenvalue weighted by atomic mass is 35.5. The average molecular weight is 355 g/mol. The molecule has 1 aliphatic rings. The molecule has 1 aromatic heterocycles. The number of benzene rings is 2. The summed E-state index contributed by atoms with van der Waals surface area (Å²) in [5.74, 6) is 0.217. The van der Waals surface area contributed by atoms with E-state index < -0.39 is 0 Å². The fourth-order valence-corrected chi connectivity index (χ4v) is 3.70. The van der Waals surface area contributed by atoms with Crippen LogP contribution in [-0.2, 0) is 4.74 Å². The summed E-state index contributed by atoms with van der Waals surface area (Å²) in [6.07, 6.45) is 1.70. The molecule has 2 heterocycles. The summed E-state index contributed by atoms with van der Waals surface area (Å²) in [5.41, 5.74) is 2.42. The van der Waals surface area contributed by atoms with Crippen LogP contribution in [0.1, 0.15) is 17.2 Å². The van der Waals surface area contributed by atoms with Gasteiger partial charge in [0.1, 0.15) is 11.3 Å². The molecule has 4 rings (SSSR count). The minimum absolute atomic E-state index is 0.135. The molecule has 1 saturated heterocycles. The number of fused-ring (bicyclic) bond motifs is 1. The van der Waals surface area contributed by atoms with E-state index in [-0.39, 0.29) is 11.8 Å². The number of ether oxygens (including phenoxy) is 1. The van der Waals surface area contributed by atoms with Gasteiger partial charge in [-0.3, -0.25) is 9.88 Å². The van der Waals surface area contributed by atoms with Crippen LogP contribution in [0.2, 0.25) is 5.02 Å². The first kappa shape index (κ1) is 16.3. The van der Waals surface area contributed by atoms with Gasteiger partial charge in [-0.2, -0.15) is 0 Å². The molecule has 0 unspecified atom stereocenters. The maximum atomic E-state index is 10.9. The van der Waals surface area contributed by atoms with Crippen molar-refractivity contribution in [3.63, 3.8) is 0 Å². The second-order valence-corrected chi connectivity index (χ2v) is 6.56. The molecule has 128 valence electrons. The number of hydrogen-bond donors (Lipinski definition) is 1. The van der Waals surface area contributed by atoms with Crippen LogP contribution in [0.5, 0.6) is 5.75 Å². The molecule has 3 aromatic rings. The van der Waals surface area contributed by atoms with Crippen LogP contribution in [0.3, 0.4) is 0 Å². The molecule has 1 atom stereocenters. The Hall–Kier alpha value is -2.14. The summed E-state index contributed by atoms with van der Waals surface area (Å²) in [7, 11) is 0. The van der Waals surface area contributed by atoms with E-state index in [1.54, 1.807) is 6.20 Å². The van der Waals surface area contributed by atoms with Gasteiger partial charge >= 0.3 is 0 Å². The van der Waals surface area contributed by atoms with Gasteiger partial charge in [0.2, 0.25) is 0 Å². The zero-order chi connectivity index (χ0) is 17.2. The van der Waals surface area contributed by atoms with Crippen molar-refractivity contribution < 1.29 is 9.84 Å². The van der Waals surface area contributed by atoms with E-state index >= 15 is 0 Å². The first-order chi connectivity index (χ1) is 12.3. The number of aromatic nitrogens is 1. The third kappa shape index (κ3) is 3.09. The number of nitrogens with zero attached hydrogens (tertiary/aromatic N) is 2. The Morgan fingerprint density at radius 2 is 1.80 bits per heavy atom. The average Bonchev–Trinajstić information content (AvgIpc) is 2.66. The van der Waals surface area contributed by atoms with Crippen molar-refractivity contribution in [3.8, 4) is 5.75 Å². The van der Waals surface area contributed by atoms with Gasteiger partial charge in [0, 0.05) is 35.3 Å². The molecule has 2 aromatic carbocycles. The highest BCUT2D eigenvalue weighted by Gasteiger charge is 2.28. The number of aromatic hydroxyl groups is 1. The van der Waals surface area contributed by atoms with E-state index in [2.05, 4.69) is 9.88 Å². The Morgan fingerprint density at radius 1 is 1.00 bits per heavy atom. The number of phenols is 1. The van der Waals surface area contributed by atoms with Crippen LogP contribution in [-0.4, -0.2) is 41.3 Å². The number of hydrogen-bond acceptors (Lipinski definition) is 4. The van der Waals surface area contributed by atoms with Gasteiger partial charge in [0.15, 0.2) is 0 Å². The normalized spacial score (nSPS) is 16.8. The maximum absolute atomic E-state index is 10.9. The van der Waals surface area contributed by atoms with E-state index in [1.807, 2.05) is 48.5 Å². The number of rotatable bonds is 3. The van der Waals surface area contributed by atoms with Crippen molar-refractivity contribution >= 4 is 22.5 Å². The van der Waals surface area contributed by atoms with E-state index in [0.717, 1.165) is 29.6 Å². The van der Waals surface area contributed by atoms with Gasteiger partial charge in [0.05, 0.1) is 19.3 Å². The predicted molar refractivity (Wildman–Crippen MR) is 99.1 cm³/mol. The molecule has 0 amide bonds. The van der Waals surface area contributed by atoms with Crippen LogP contribution >= 0.6 is 11.6 Å². The summed E-state index contributed by atoms with van der Waals surface area (Å²) in [5, 5.41) is 12.6. The standard InChI is InChI=1S/C20H19ClN2O2/c21-17-6-2-1-5-15(17)19(23-10-12-25-13-11-23)16-8-7-14-4-3-9-22-18(14)20(16)24/h1-9,19,24H,10-13H2/t19-/m1/s1. The number of morpholine rings is 1. The monoisotopic (exact) mass is 354 g/mol. The van der Waals surface area contributed by atoms with Crippen LogP contribution in [0.4, 0.5) is 0 Å². The summed E-state index contributed by atoms with van der Waals surface area (Å²) in [4.78, 5) is 6.66. The lowest BCUT2D eigenvalue weighted by Gasteiger charge is -2.35. The molecule has 1 fully saturated rings. The molecule has 25 heavy (non-hydrogen) atoms. The zero-order valence-electron chi connectivity index (χ0n) is 13.7. The van der Waals surface area contributed by atoms with Crippen molar-refractivity contribution in [1.29, 1.82) is 0 Å². The van der Waals surface area contributed by atoms with Gasteiger partial charge in [-0.05, 0) is 17.7 Å². The molecule has 0 spiro atoms. The second-order valence-electron chi connectivity index (χ2n) is 6.15. The maximum Gasteiger partial charge on any atom is 0.146 e. The summed E-state index contributed by atoms with van der Waals surface area (Å²) in [6.45, 7) is 2.92. The van der Waals surface area contributed by atoms with Crippen LogP contribution in [0, 0.1) is 0 Å². The van der Waals surface area contributed by atoms with Crippen LogP contribution in [0.15, 0.2) is 54.7 Å². The minimum atomic E-state index is -0.135. The Kier molecular flexibility index (Phi) is 4.57. The molecule has 5 heteroatoms. The van der Waals surface area contributed by atoms with E-state index in [4.69, 9.17) is 16.3 Å². The van der Waals surface area contributed by atoms with Gasteiger partial charge in [-0.15, -0.1) is 0 Å². The molecular formula is C20H19ClN2O2. The first-order valence-electron chi connectivity index (χ1n) is 8.38. The van der Waals surface area contributed by atoms with Gasteiger partial charge < -0.3 is 9.84 Å². The summed E-state index contributed by atoms with van der Waals surface area (Å²) in [6, 6.07) is 15.5. The Balaban J connectivity index is 1.89. The summed E-state index contributed by atoms with van der Waals surface area (Å²) < 4.78 is 5.50. The fraction of sp³-hybridized carbons (Fsp3) is 0.250. The van der Waals surface area contributed by atoms with E-state index in [9.17, 15) is 5.11 Å². The van der Waals surface area contributed by atoms with Gasteiger partial charge in [-0.25, -0.2) is 0 Å². The Labute approximate surface area is 151 Å². The third-order valence-electron chi connectivity index (χ3n) is 4.68. The van der Waals surface area contributed by atoms with Crippen LogP contribution < -0.4 is 0 Å². The number of pyridine rings is 1. The smallest absolute Gasteiger partial charge is 0.146 e. The Morgan fingerprint density at radius 3 is 2.60 bits per heavy atom. The molecule has 0 saturated carbocycles. The quantitative estimate of drug-likeness (QED) is 0.771. The van der Waals surface area contributed by atoms with Crippen molar-refractivity contribution in [1.82, 2.24) is 9.88 Å². The lowest BCUT2D eigenvalue weighted by molar-refractivity contribution is 0.0236. The van der Waals surface area contributed by atoms with Crippen molar-refractivity contribution in [2.45, 2.75) is 6.04 Å². The van der Waals surface area contributed by atoms with Crippen LogP contribution in [0.25, 0.3) is 10.9 Å². The summed E-state index contributed by atoms with van der Waals surface area (Å²) >= 11 is 6.50. The number of halogens is 1. The largest absolute Gasteiger partial charge is 0.505 e. The van der Waals surface area contributed by atoms with E-state index in [1.165, 1.54) is 0 Å². The number of phenolic OH excluding ortho intramolecular Hbond substituents is 1. The molecular weight excluding hydrogens is 336 g/mol. The predicted octanol–water partition coefficient (Wildman–Crippen LogP) is 4.02. The topological polar surface area (TPSA) is 45.6 Å². The molecule has 0 bridgehead atoms. The molecule has 1 aliphatic heterocycles. The van der Waals surface area contributed by atoms with Crippen molar-refractivity contribution in [3.05, 3.63) is 70.9 Å². The van der Waals surface area contributed by atoms with E-state index in [0.29, 0.717) is 23.8 Å². The fourth-order valence-electron chi connectivity index (χ4n) is 3.46. The van der Waals surface area contributed by atoms with Gasteiger partial charge in [0.25, 0.3) is 0 Å². The SMILES string of the molecule is Oc1c([C@@H](c2ccccc2Cl)N2CCOCC2)ccc2cccnc12. The minimum Gasteiger partial charge on any atom is -0.505 e. The highest BCUT2D eigenvalue weighted by Crippen LogP contribution is 2.40. The third-order valence-corrected chi connectivity index (χ3v) is 5.03. The molecule has 1 N–H and O–H groups in total. The zero-order valence-corrected chi connectivity index (χ0v) is 14.5. The molecule has 0 aliphatic carbocycles. The molecule has 4 nitrogen and oxygen atoms in total. The van der Waals surface area contributed by atoms with Gasteiger partial charge in [-0.1, -0.05) is 48.0 Å². The van der Waals surface area contributed by atoms with Crippen molar-refractivity contribution in [2.24, 2.45) is 0 Å². The molecule has 0 radical (unpaired) electrons. The Bertz CT molecular complexity index is 894. The first-order valence-corrected chi connectivity index (χ1v) is 8.76. The second kappa shape index (κ2) is 7.00. The lowest BCUT2D eigenvalue weighted by Crippen LogP contribution is -2.39.